The molecule has 0 heterocycles. The van der Waals surface area contributed by atoms with Gasteiger partial charge in [0.1, 0.15) is 11.5 Å². The molecule has 1 aromatic carbocycles. The Bertz CT molecular complexity index is 390. The fourth-order valence-corrected chi connectivity index (χ4v) is 2.01. The van der Waals surface area contributed by atoms with E-state index in [-0.39, 0.29) is 0 Å². The first kappa shape index (κ1) is 12.2. The molecule has 0 saturated heterocycles. The van der Waals surface area contributed by atoms with Crippen molar-refractivity contribution in [2.45, 2.75) is 25.0 Å². The summed E-state index contributed by atoms with van der Waals surface area (Å²) in [6.45, 7) is 0. The van der Waals surface area contributed by atoms with E-state index in [1.54, 1.807) is 20.3 Å². The van der Waals surface area contributed by atoms with Gasteiger partial charge in [-0.25, -0.2) is 0 Å². The Balaban J connectivity index is 2.23. The van der Waals surface area contributed by atoms with Crippen molar-refractivity contribution in [1.82, 2.24) is 0 Å². The molecule has 0 amide bonds. The number of benzene rings is 1. The first-order valence-corrected chi connectivity index (χ1v) is 5.83. The molecule has 1 aromatic rings. The fourth-order valence-electron chi connectivity index (χ4n) is 2.01. The Hall–Kier alpha value is -1.26. The lowest BCUT2D eigenvalue weighted by molar-refractivity contribution is 0.121. The minimum Gasteiger partial charge on any atom is -0.497 e. The van der Waals surface area contributed by atoms with Crippen LogP contribution >= 0.6 is 0 Å². The zero-order chi connectivity index (χ0) is 12.4. The van der Waals surface area contributed by atoms with E-state index in [1.807, 2.05) is 12.1 Å². The average Bonchev–Trinajstić information content (AvgIpc) is 3.20. The van der Waals surface area contributed by atoms with Gasteiger partial charge in [-0.2, -0.15) is 0 Å². The number of rotatable bonds is 5. The van der Waals surface area contributed by atoms with Crippen LogP contribution in [-0.2, 0) is 0 Å². The van der Waals surface area contributed by atoms with Gasteiger partial charge in [-0.1, -0.05) is 0 Å². The van der Waals surface area contributed by atoms with Gasteiger partial charge in [0.2, 0.25) is 0 Å². The van der Waals surface area contributed by atoms with Crippen LogP contribution in [-0.4, -0.2) is 25.4 Å². The molecule has 4 nitrogen and oxygen atoms in total. The molecule has 0 aromatic heterocycles. The van der Waals surface area contributed by atoms with Crippen LogP contribution in [0.3, 0.4) is 0 Å². The monoisotopic (exact) mass is 237 g/mol. The molecule has 4 heteroatoms. The first-order valence-electron chi connectivity index (χ1n) is 5.83. The maximum atomic E-state index is 10.0. The lowest BCUT2D eigenvalue weighted by Crippen LogP contribution is -2.28. The van der Waals surface area contributed by atoms with Crippen LogP contribution in [0.4, 0.5) is 0 Å². The highest BCUT2D eigenvalue weighted by Crippen LogP contribution is 2.39. The van der Waals surface area contributed by atoms with Gasteiger partial charge in [-0.3, -0.25) is 0 Å². The molecule has 2 rings (SSSR count). The summed E-state index contributed by atoms with van der Waals surface area (Å²) in [6, 6.07) is 5.07. The normalized spacial score (nSPS) is 18.6. The molecule has 0 bridgehead atoms. The Morgan fingerprint density at radius 1 is 1.29 bits per heavy atom. The van der Waals surface area contributed by atoms with Crippen molar-refractivity contribution in [3.8, 4) is 11.5 Å². The average molecular weight is 237 g/mol. The highest BCUT2D eigenvalue weighted by Gasteiger charge is 2.35. The molecule has 1 aliphatic rings. The molecule has 3 N–H and O–H groups in total. The van der Waals surface area contributed by atoms with Gasteiger partial charge in [0.15, 0.2) is 0 Å². The van der Waals surface area contributed by atoms with E-state index in [0.29, 0.717) is 11.7 Å². The van der Waals surface area contributed by atoms with Crippen molar-refractivity contribution in [3.05, 3.63) is 23.8 Å². The largest absolute Gasteiger partial charge is 0.497 e. The van der Waals surface area contributed by atoms with Gasteiger partial charge in [0.25, 0.3) is 0 Å². The summed E-state index contributed by atoms with van der Waals surface area (Å²) in [6.07, 6.45) is 1.64. The molecule has 1 fully saturated rings. The van der Waals surface area contributed by atoms with Gasteiger partial charge >= 0.3 is 0 Å². The minimum atomic E-state index is -0.489. The maximum Gasteiger partial charge on any atom is 0.127 e. The predicted molar refractivity (Wildman–Crippen MR) is 65.2 cm³/mol. The Labute approximate surface area is 101 Å². The summed E-state index contributed by atoms with van der Waals surface area (Å²) in [4.78, 5) is 0. The number of aliphatic hydroxyl groups excluding tert-OH is 1. The van der Waals surface area contributed by atoms with Crippen LogP contribution in [0.1, 0.15) is 24.4 Å². The lowest BCUT2D eigenvalue weighted by Gasteiger charge is -2.21. The fraction of sp³-hybridized carbons (Fsp3) is 0.538. The van der Waals surface area contributed by atoms with Crippen LogP contribution in [0.25, 0.3) is 0 Å². The van der Waals surface area contributed by atoms with E-state index < -0.39 is 12.1 Å². The van der Waals surface area contributed by atoms with Crippen LogP contribution in [0.15, 0.2) is 18.2 Å². The van der Waals surface area contributed by atoms with E-state index in [2.05, 4.69) is 0 Å². The van der Waals surface area contributed by atoms with Crippen molar-refractivity contribution >= 4 is 0 Å². The molecular weight excluding hydrogens is 218 g/mol. The predicted octanol–water partition coefficient (Wildman–Crippen LogP) is 1.47. The number of nitrogens with two attached hydrogens (primary N) is 1. The molecule has 94 valence electrons. The summed E-state index contributed by atoms with van der Waals surface area (Å²) in [5.74, 6) is 1.73. The van der Waals surface area contributed by atoms with Crippen molar-refractivity contribution < 1.29 is 14.6 Å². The van der Waals surface area contributed by atoms with Crippen molar-refractivity contribution in [2.75, 3.05) is 14.2 Å². The topological polar surface area (TPSA) is 64.7 Å². The molecular formula is C13H19NO3. The second-order valence-electron chi connectivity index (χ2n) is 4.46. The van der Waals surface area contributed by atoms with Crippen LogP contribution < -0.4 is 15.2 Å². The SMILES string of the molecule is COc1ccc([C@H](N)[C@H](O)C2CC2)c(OC)c1. The Morgan fingerprint density at radius 3 is 2.53 bits per heavy atom. The molecule has 0 spiro atoms. The van der Waals surface area contributed by atoms with E-state index in [0.717, 1.165) is 24.2 Å². The quantitative estimate of drug-likeness (QED) is 0.814. The van der Waals surface area contributed by atoms with Crippen molar-refractivity contribution in [3.63, 3.8) is 0 Å². The number of hydrogen-bond donors (Lipinski definition) is 2. The van der Waals surface area contributed by atoms with Crippen LogP contribution in [0.2, 0.25) is 0 Å². The zero-order valence-corrected chi connectivity index (χ0v) is 10.2. The Kier molecular flexibility index (Phi) is 3.54. The molecule has 1 aliphatic carbocycles. The lowest BCUT2D eigenvalue weighted by atomic mass is 9.98. The maximum absolute atomic E-state index is 10.0. The number of ether oxygens (including phenoxy) is 2. The standard InChI is InChI=1S/C13H19NO3/c1-16-9-5-6-10(11(7-9)17-2)12(14)13(15)8-3-4-8/h5-8,12-13,15H,3-4,14H2,1-2H3/t12-,13+/m0/s1. The van der Waals surface area contributed by atoms with Gasteiger partial charge < -0.3 is 20.3 Å². The van der Waals surface area contributed by atoms with E-state index in [4.69, 9.17) is 15.2 Å². The highest BCUT2D eigenvalue weighted by molar-refractivity contribution is 5.43. The smallest absolute Gasteiger partial charge is 0.127 e. The molecule has 2 atom stereocenters. The third kappa shape index (κ3) is 2.53. The van der Waals surface area contributed by atoms with Crippen LogP contribution in [0, 0.1) is 5.92 Å². The summed E-state index contributed by atoms with van der Waals surface area (Å²) in [5.41, 5.74) is 6.90. The summed E-state index contributed by atoms with van der Waals surface area (Å²) in [5, 5.41) is 10.0. The van der Waals surface area contributed by atoms with Gasteiger partial charge in [0, 0.05) is 11.6 Å². The highest BCUT2D eigenvalue weighted by atomic mass is 16.5. The third-order valence-corrected chi connectivity index (χ3v) is 3.27. The number of methoxy groups -OCH3 is 2. The summed E-state index contributed by atoms with van der Waals surface area (Å²) in [7, 11) is 3.20. The van der Waals surface area contributed by atoms with E-state index in [1.165, 1.54) is 0 Å². The summed E-state index contributed by atoms with van der Waals surface area (Å²) >= 11 is 0. The second kappa shape index (κ2) is 4.94. The Morgan fingerprint density at radius 2 is 2.00 bits per heavy atom. The number of aliphatic hydroxyl groups is 1. The van der Waals surface area contributed by atoms with Gasteiger partial charge in [0.05, 0.1) is 26.4 Å². The molecule has 17 heavy (non-hydrogen) atoms. The van der Waals surface area contributed by atoms with Crippen molar-refractivity contribution in [2.24, 2.45) is 11.7 Å². The molecule has 0 radical (unpaired) electrons. The molecule has 0 unspecified atom stereocenters. The van der Waals surface area contributed by atoms with Gasteiger partial charge in [-0.05, 0) is 30.9 Å². The third-order valence-electron chi connectivity index (χ3n) is 3.27. The van der Waals surface area contributed by atoms with E-state index >= 15 is 0 Å². The molecule has 0 aliphatic heterocycles. The summed E-state index contributed by atoms with van der Waals surface area (Å²) < 4.78 is 10.4. The van der Waals surface area contributed by atoms with Gasteiger partial charge in [-0.15, -0.1) is 0 Å². The first-order chi connectivity index (χ1) is 8.17. The van der Waals surface area contributed by atoms with Crippen LogP contribution in [0.5, 0.6) is 11.5 Å². The second-order valence-corrected chi connectivity index (χ2v) is 4.46. The molecule has 1 saturated carbocycles. The minimum absolute atomic E-state index is 0.344. The number of hydrogen-bond acceptors (Lipinski definition) is 4. The van der Waals surface area contributed by atoms with E-state index in [9.17, 15) is 5.11 Å². The zero-order valence-electron chi connectivity index (χ0n) is 10.2. The van der Waals surface area contributed by atoms with Crippen molar-refractivity contribution in [1.29, 1.82) is 0 Å².